The zero-order valence-corrected chi connectivity index (χ0v) is 18.5. The SMILES string of the molecule is CN1CCN(c2ccc(NC3CCC(=O)NC3=O)cc2F)CC1.NCC1CCCCC1. The fourth-order valence-electron chi connectivity index (χ4n) is 4.36. The smallest absolute Gasteiger partial charge is 0.249 e. The van der Waals surface area contributed by atoms with Gasteiger partial charge in [0.15, 0.2) is 0 Å². The summed E-state index contributed by atoms with van der Waals surface area (Å²) in [5.74, 6) is -0.0509. The Hall–Kier alpha value is -2.19. The second-order valence-electron chi connectivity index (χ2n) is 8.84. The number of imide groups is 1. The summed E-state index contributed by atoms with van der Waals surface area (Å²) in [7, 11) is 2.06. The van der Waals surface area contributed by atoms with Crippen LogP contribution in [0, 0.1) is 11.7 Å². The van der Waals surface area contributed by atoms with Gasteiger partial charge in [0.1, 0.15) is 11.9 Å². The molecular weight excluding hydrogens is 397 g/mol. The summed E-state index contributed by atoms with van der Waals surface area (Å²) in [4.78, 5) is 27.1. The maximum atomic E-state index is 14.4. The molecule has 172 valence electrons. The highest BCUT2D eigenvalue weighted by atomic mass is 19.1. The summed E-state index contributed by atoms with van der Waals surface area (Å²) >= 11 is 0. The summed E-state index contributed by atoms with van der Waals surface area (Å²) in [6, 6.07) is 4.44. The molecule has 2 heterocycles. The number of carbonyl (C=O) groups is 2. The molecular formula is C23H36FN5O2. The lowest BCUT2D eigenvalue weighted by molar-refractivity contribution is -0.133. The van der Waals surface area contributed by atoms with Crippen LogP contribution in [-0.2, 0) is 9.59 Å². The van der Waals surface area contributed by atoms with E-state index in [0.29, 0.717) is 24.2 Å². The average molecular weight is 434 g/mol. The summed E-state index contributed by atoms with van der Waals surface area (Å²) in [6.45, 7) is 4.34. The van der Waals surface area contributed by atoms with Gasteiger partial charge in [0.05, 0.1) is 5.69 Å². The Kier molecular flexibility index (Phi) is 8.66. The van der Waals surface area contributed by atoms with Gasteiger partial charge in [0.25, 0.3) is 0 Å². The van der Waals surface area contributed by atoms with Crippen molar-refractivity contribution in [3.63, 3.8) is 0 Å². The predicted molar refractivity (Wildman–Crippen MR) is 122 cm³/mol. The van der Waals surface area contributed by atoms with Crippen molar-refractivity contribution in [1.82, 2.24) is 10.2 Å². The minimum absolute atomic E-state index is 0.260. The molecule has 1 atom stereocenters. The van der Waals surface area contributed by atoms with Crippen molar-refractivity contribution in [1.29, 1.82) is 0 Å². The second-order valence-corrected chi connectivity index (χ2v) is 8.84. The first kappa shape index (κ1) is 23.5. The lowest BCUT2D eigenvalue weighted by atomic mass is 9.90. The van der Waals surface area contributed by atoms with Crippen molar-refractivity contribution in [3.05, 3.63) is 24.0 Å². The van der Waals surface area contributed by atoms with E-state index in [1.165, 1.54) is 38.2 Å². The fourth-order valence-corrected chi connectivity index (χ4v) is 4.36. The molecule has 8 heteroatoms. The number of anilines is 2. The lowest BCUT2D eigenvalue weighted by Gasteiger charge is -2.34. The topological polar surface area (TPSA) is 90.7 Å². The van der Waals surface area contributed by atoms with Crippen molar-refractivity contribution in [3.8, 4) is 0 Å². The molecule has 1 aliphatic carbocycles. The van der Waals surface area contributed by atoms with Crippen LogP contribution in [0.5, 0.6) is 0 Å². The van der Waals surface area contributed by atoms with Crippen molar-refractivity contribution in [2.45, 2.75) is 51.0 Å². The molecule has 31 heavy (non-hydrogen) atoms. The Morgan fingerprint density at radius 2 is 1.81 bits per heavy atom. The van der Waals surface area contributed by atoms with Gasteiger partial charge in [0, 0.05) is 38.3 Å². The molecule has 1 unspecified atom stereocenters. The van der Waals surface area contributed by atoms with Gasteiger partial charge in [-0.3, -0.25) is 14.9 Å². The molecule has 1 saturated carbocycles. The van der Waals surface area contributed by atoms with Gasteiger partial charge in [0.2, 0.25) is 11.8 Å². The molecule has 4 rings (SSSR count). The number of amides is 2. The van der Waals surface area contributed by atoms with E-state index >= 15 is 0 Å². The van der Waals surface area contributed by atoms with Gasteiger partial charge in [-0.1, -0.05) is 19.3 Å². The van der Waals surface area contributed by atoms with E-state index in [0.717, 1.165) is 38.6 Å². The van der Waals surface area contributed by atoms with E-state index in [1.54, 1.807) is 12.1 Å². The Labute approximate surface area is 184 Å². The highest BCUT2D eigenvalue weighted by Gasteiger charge is 2.26. The highest BCUT2D eigenvalue weighted by molar-refractivity contribution is 6.01. The van der Waals surface area contributed by atoms with Crippen molar-refractivity contribution >= 4 is 23.2 Å². The number of benzene rings is 1. The van der Waals surface area contributed by atoms with Crippen molar-refractivity contribution < 1.29 is 14.0 Å². The van der Waals surface area contributed by atoms with Crippen LogP contribution >= 0.6 is 0 Å². The van der Waals surface area contributed by atoms with E-state index in [4.69, 9.17) is 5.73 Å². The lowest BCUT2D eigenvalue weighted by Crippen LogP contribution is -2.47. The number of rotatable bonds is 4. The Morgan fingerprint density at radius 1 is 1.10 bits per heavy atom. The Morgan fingerprint density at radius 3 is 2.39 bits per heavy atom. The fraction of sp³-hybridized carbons (Fsp3) is 0.652. The molecule has 2 aliphatic heterocycles. The summed E-state index contributed by atoms with van der Waals surface area (Å²) in [5.41, 5.74) is 6.64. The quantitative estimate of drug-likeness (QED) is 0.632. The number of carbonyl (C=O) groups excluding carboxylic acids is 2. The van der Waals surface area contributed by atoms with Gasteiger partial charge in [-0.2, -0.15) is 0 Å². The zero-order valence-electron chi connectivity index (χ0n) is 18.5. The van der Waals surface area contributed by atoms with Gasteiger partial charge in [-0.15, -0.1) is 0 Å². The van der Waals surface area contributed by atoms with Crippen molar-refractivity contribution in [2.75, 3.05) is 50.0 Å². The summed E-state index contributed by atoms with van der Waals surface area (Å²) in [6.07, 6.45) is 7.77. The van der Waals surface area contributed by atoms with Gasteiger partial charge in [-0.05, 0) is 57.0 Å². The third-order valence-corrected chi connectivity index (χ3v) is 6.43. The molecule has 1 aromatic rings. The molecule has 7 nitrogen and oxygen atoms in total. The number of hydrogen-bond donors (Lipinski definition) is 3. The van der Waals surface area contributed by atoms with Gasteiger partial charge in [-0.25, -0.2) is 4.39 Å². The number of nitrogens with one attached hydrogen (secondary N) is 2. The minimum Gasteiger partial charge on any atom is -0.374 e. The maximum Gasteiger partial charge on any atom is 0.249 e. The van der Waals surface area contributed by atoms with E-state index in [2.05, 4.69) is 22.6 Å². The van der Waals surface area contributed by atoms with E-state index < -0.39 is 6.04 Å². The van der Waals surface area contributed by atoms with Crippen LogP contribution in [0.2, 0.25) is 0 Å². The van der Waals surface area contributed by atoms with Crippen LogP contribution in [-0.4, -0.2) is 62.5 Å². The summed E-state index contributed by atoms with van der Waals surface area (Å²) in [5, 5.41) is 5.28. The molecule has 3 aliphatic rings. The Balaban J connectivity index is 0.000000287. The maximum absolute atomic E-state index is 14.4. The minimum atomic E-state index is -0.499. The number of likely N-dealkylation sites (N-methyl/N-ethyl adjacent to an activating group) is 1. The summed E-state index contributed by atoms with van der Waals surface area (Å²) < 4.78 is 14.4. The molecule has 0 bridgehead atoms. The van der Waals surface area contributed by atoms with Crippen LogP contribution in [0.3, 0.4) is 0 Å². The van der Waals surface area contributed by atoms with Crippen LogP contribution in [0.25, 0.3) is 0 Å². The van der Waals surface area contributed by atoms with Gasteiger partial charge < -0.3 is 20.9 Å². The van der Waals surface area contributed by atoms with Crippen molar-refractivity contribution in [2.24, 2.45) is 11.7 Å². The molecule has 0 spiro atoms. The number of nitrogens with zero attached hydrogens (tertiary/aromatic N) is 2. The van der Waals surface area contributed by atoms with Gasteiger partial charge >= 0.3 is 0 Å². The number of halogens is 1. The third-order valence-electron chi connectivity index (χ3n) is 6.43. The zero-order chi connectivity index (χ0) is 22.2. The molecule has 0 aromatic heterocycles. The number of piperazine rings is 1. The van der Waals surface area contributed by atoms with Crippen LogP contribution in [0.4, 0.5) is 15.8 Å². The van der Waals surface area contributed by atoms with Crippen LogP contribution < -0.4 is 21.3 Å². The standard InChI is InChI=1S/C16H21FN4O2.C7H15N/c1-20-6-8-21(9-7-20)14-4-2-11(10-12(14)17)18-13-3-5-15(22)19-16(13)23;8-6-7-4-2-1-3-5-7/h2,4,10,13,18H,3,5-9H2,1H3,(H,19,22,23);7H,1-6,8H2. The van der Waals surface area contributed by atoms with E-state index in [9.17, 15) is 14.0 Å². The molecule has 4 N–H and O–H groups in total. The number of nitrogens with two attached hydrogens (primary N) is 1. The molecule has 2 saturated heterocycles. The van der Waals surface area contributed by atoms with Crippen LogP contribution in [0.1, 0.15) is 44.9 Å². The highest BCUT2D eigenvalue weighted by Crippen LogP contribution is 2.25. The first-order valence-electron chi connectivity index (χ1n) is 11.5. The monoisotopic (exact) mass is 433 g/mol. The van der Waals surface area contributed by atoms with E-state index in [-0.39, 0.29) is 17.6 Å². The predicted octanol–water partition coefficient (Wildman–Crippen LogP) is 2.32. The molecule has 0 radical (unpaired) electrons. The Bertz CT molecular complexity index is 745. The van der Waals surface area contributed by atoms with E-state index in [1.807, 2.05) is 4.90 Å². The number of piperidine rings is 1. The molecule has 2 amide bonds. The van der Waals surface area contributed by atoms with Crippen LogP contribution in [0.15, 0.2) is 18.2 Å². The second kappa shape index (κ2) is 11.4. The molecule has 3 fully saturated rings. The first-order chi connectivity index (χ1) is 15.0. The molecule has 1 aromatic carbocycles. The first-order valence-corrected chi connectivity index (χ1v) is 11.5. The largest absolute Gasteiger partial charge is 0.374 e. The number of hydrogen-bond acceptors (Lipinski definition) is 6. The normalized spacial score (nSPS) is 23.1. The average Bonchev–Trinajstić information content (AvgIpc) is 2.78. The third kappa shape index (κ3) is 6.90.